The number of benzene rings is 1. The molecule has 0 spiro atoms. The molecule has 0 amide bonds. The van der Waals surface area contributed by atoms with E-state index in [1.807, 2.05) is 13.8 Å². The van der Waals surface area contributed by atoms with Crippen molar-refractivity contribution in [2.24, 2.45) is 4.99 Å². The van der Waals surface area contributed by atoms with E-state index in [0.717, 1.165) is 5.56 Å². The molecule has 0 aliphatic carbocycles. The number of nitrogens with zero attached hydrogens (tertiary/aromatic N) is 1. The van der Waals surface area contributed by atoms with Gasteiger partial charge in [0, 0.05) is 12.3 Å². The van der Waals surface area contributed by atoms with E-state index in [-0.39, 0.29) is 11.8 Å². The van der Waals surface area contributed by atoms with Crippen molar-refractivity contribution in [3.8, 4) is 11.5 Å². The molecule has 0 aromatic heterocycles. The average Bonchev–Trinajstić information content (AvgIpc) is 2.16. The molecule has 3 heteroatoms. The zero-order chi connectivity index (χ0) is 10.6. The first kappa shape index (κ1) is 10.6. The second kappa shape index (κ2) is 4.65. The molecule has 0 fully saturated rings. The third kappa shape index (κ3) is 2.76. The summed E-state index contributed by atoms with van der Waals surface area (Å²) in [6.45, 7) is 4.02. The van der Waals surface area contributed by atoms with Gasteiger partial charge in [0.05, 0.1) is 7.11 Å². The van der Waals surface area contributed by atoms with E-state index in [2.05, 4.69) is 4.99 Å². The van der Waals surface area contributed by atoms with Gasteiger partial charge in [-0.25, -0.2) is 0 Å². The average molecular weight is 193 g/mol. The summed E-state index contributed by atoms with van der Waals surface area (Å²) in [5.41, 5.74) is 0.924. The van der Waals surface area contributed by atoms with E-state index in [1.165, 1.54) is 7.11 Å². The van der Waals surface area contributed by atoms with Gasteiger partial charge in [0.2, 0.25) is 0 Å². The maximum Gasteiger partial charge on any atom is 0.161 e. The highest BCUT2D eigenvalue weighted by Gasteiger charge is 2.00. The number of ether oxygens (including phenoxy) is 1. The van der Waals surface area contributed by atoms with E-state index >= 15 is 0 Å². The van der Waals surface area contributed by atoms with E-state index in [9.17, 15) is 5.11 Å². The first-order valence-electron chi connectivity index (χ1n) is 4.53. The lowest BCUT2D eigenvalue weighted by atomic mass is 10.2. The van der Waals surface area contributed by atoms with Crippen molar-refractivity contribution in [1.29, 1.82) is 0 Å². The van der Waals surface area contributed by atoms with Gasteiger partial charge in [0.15, 0.2) is 11.5 Å². The first-order chi connectivity index (χ1) is 6.63. The molecule has 0 aliphatic rings. The Hall–Kier alpha value is -1.51. The fourth-order valence-corrected chi connectivity index (χ4v) is 1.01. The van der Waals surface area contributed by atoms with Crippen molar-refractivity contribution in [3.63, 3.8) is 0 Å². The molecule has 0 atom stereocenters. The predicted molar refractivity (Wildman–Crippen MR) is 57.4 cm³/mol. The van der Waals surface area contributed by atoms with Gasteiger partial charge in [0.25, 0.3) is 0 Å². The highest BCUT2D eigenvalue weighted by atomic mass is 16.5. The Morgan fingerprint density at radius 1 is 1.43 bits per heavy atom. The summed E-state index contributed by atoms with van der Waals surface area (Å²) in [5.74, 6) is 0.618. The van der Waals surface area contributed by atoms with Crippen LogP contribution in [0.5, 0.6) is 11.5 Å². The normalized spacial score (nSPS) is 11.1. The number of aliphatic imine (C=N–C) groups is 1. The molecular weight excluding hydrogens is 178 g/mol. The van der Waals surface area contributed by atoms with Gasteiger partial charge in [0.1, 0.15) is 0 Å². The minimum absolute atomic E-state index is 0.147. The van der Waals surface area contributed by atoms with Crippen molar-refractivity contribution >= 4 is 6.21 Å². The smallest absolute Gasteiger partial charge is 0.161 e. The van der Waals surface area contributed by atoms with Gasteiger partial charge < -0.3 is 9.84 Å². The molecular formula is C11H15NO2. The minimum atomic E-state index is 0.147. The first-order valence-corrected chi connectivity index (χ1v) is 4.53. The second-order valence-electron chi connectivity index (χ2n) is 3.30. The van der Waals surface area contributed by atoms with Crippen molar-refractivity contribution in [3.05, 3.63) is 23.8 Å². The van der Waals surface area contributed by atoms with Crippen LogP contribution < -0.4 is 4.74 Å². The third-order valence-corrected chi connectivity index (χ3v) is 1.73. The third-order valence-electron chi connectivity index (χ3n) is 1.73. The van der Waals surface area contributed by atoms with Gasteiger partial charge in [-0.3, -0.25) is 4.99 Å². The van der Waals surface area contributed by atoms with Crippen molar-refractivity contribution < 1.29 is 9.84 Å². The predicted octanol–water partition coefficient (Wildman–Crippen LogP) is 2.23. The maximum atomic E-state index is 9.34. The number of phenolic OH excluding ortho intramolecular Hbond substituents is 1. The van der Waals surface area contributed by atoms with Crippen LogP contribution in [-0.4, -0.2) is 24.5 Å². The van der Waals surface area contributed by atoms with Gasteiger partial charge in [-0.15, -0.1) is 0 Å². The molecule has 0 heterocycles. The van der Waals surface area contributed by atoms with Crippen LogP contribution in [0.1, 0.15) is 19.4 Å². The van der Waals surface area contributed by atoms with Crippen LogP contribution in [0.4, 0.5) is 0 Å². The fourth-order valence-electron chi connectivity index (χ4n) is 1.01. The van der Waals surface area contributed by atoms with E-state index in [0.29, 0.717) is 5.75 Å². The van der Waals surface area contributed by atoms with E-state index < -0.39 is 0 Å². The zero-order valence-corrected chi connectivity index (χ0v) is 8.69. The Bertz CT molecular complexity index is 332. The van der Waals surface area contributed by atoms with Gasteiger partial charge in [-0.2, -0.15) is 0 Å². The van der Waals surface area contributed by atoms with Gasteiger partial charge in [-0.05, 0) is 37.6 Å². The summed E-state index contributed by atoms with van der Waals surface area (Å²) in [6.07, 6.45) is 1.77. The highest BCUT2D eigenvalue weighted by molar-refractivity contribution is 5.80. The molecule has 0 unspecified atom stereocenters. The number of hydrogen-bond acceptors (Lipinski definition) is 3. The van der Waals surface area contributed by atoms with Crippen molar-refractivity contribution in [2.45, 2.75) is 19.9 Å². The molecule has 76 valence electrons. The zero-order valence-electron chi connectivity index (χ0n) is 8.69. The van der Waals surface area contributed by atoms with Crippen LogP contribution in [0.2, 0.25) is 0 Å². The quantitative estimate of drug-likeness (QED) is 0.748. The van der Waals surface area contributed by atoms with Gasteiger partial charge >= 0.3 is 0 Å². The van der Waals surface area contributed by atoms with Crippen molar-refractivity contribution in [2.75, 3.05) is 7.11 Å². The summed E-state index contributed by atoms with van der Waals surface area (Å²) in [4.78, 5) is 4.24. The number of rotatable bonds is 3. The Balaban J connectivity index is 2.89. The second-order valence-corrected chi connectivity index (χ2v) is 3.30. The molecule has 0 saturated carbocycles. The molecule has 1 aromatic carbocycles. The molecule has 0 saturated heterocycles. The summed E-state index contributed by atoms with van der Waals surface area (Å²) < 4.78 is 4.98. The van der Waals surface area contributed by atoms with Crippen LogP contribution >= 0.6 is 0 Å². The van der Waals surface area contributed by atoms with E-state index in [4.69, 9.17) is 4.74 Å². The van der Waals surface area contributed by atoms with Crippen LogP contribution in [0.25, 0.3) is 0 Å². The number of methoxy groups -OCH3 is 1. The number of aromatic hydroxyl groups is 1. The van der Waals surface area contributed by atoms with Crippen LogP contribution in [0, 0.1) is 0 Å². The van der Waals surface area contributed by atoms with Crippen LogP contribution in [0.15, 0.2) is 23.2 Å². The standard InChI is InChI=1S/C11H15NO2/c1-8(2)12-7-9-4-5-10(13)11(6-9)14-3/h4-8,13H,1-3H3/b12-7+. The Morgan fingerprint density at radius 2 is 2.14 bits per heavy atom. The summed E-state index contributed by atoms with van der Waals surface area (Å²) in [7, 11) is 1.53. The van der Waals surface area contributed by atoms with Crippen LogP contribution in [0.3, 0.4) is 0 Å². The van der Waals surface area contributed by atoms with Crippen LogP contribution in [-0.2, 0) is 0 Å². The van der Waals surface area contributed by atoms with Crippen molar-refractivity contribution in [1.82, 2.24) is 0 Å². The molecule has 1 rings (SSSR count). The van der Waals surface area contributed by atoms with Gasteiger partial charge in [-0.1, -0.05) is 0 Å². The lowest BCUT2D eigenvalue weighted by Gasteiger charge is -2.03. The summed E-state index contributed by atoms with van der Waals surface area (Å²) in [5, 5.41) is 9.34. The molecule has 0 aliphatic heterocycles. The monoisotopic (exact) mass is 193 g/mol. The summed E-state index contributed by atoms with van der Waals surface area (Å²) in [6, 6.07) is 5.42. The summed E-state index contributed by atoms with van der Waals surface area (Å²) >= 11 is 0. The maximum absolute atomic E-state index is 9.34. The molecule has 3 nitrogen and oxygen atoms in total. The molecule has 14 heavy (non-hydrogen) atoms. The Morgan fingerprint density at radius 3 is 2.71 bits per heavy atom. The lowest BCUT2D eigenvalue weighted by molar-refractivity contribution is 0.373. The molecule has 1 aromatic rings. The number of hydrogen-bond donors (Lipinski definition) is 1. The SMILES string of the molecule is COc1cc(/C=N/C(C)C)ccc1O. The molecule has 1 N–H and O–H groups in total. The lowest BCUT2D eigenvalue weighted by Crippen LogP contribution is -1.91. The topological polar surface area (TPSA) is 41.8 Å². The van der Waals surface area contributed by atoms with E-state index in [1.54, 1.807) is 24.4 Å². The molecule has 0 bridgehead atoms. The largest absolute Gasteiger partial charge is 0.504 e. The minimum Gasteiger partial charge on any atom is -0.504 e. The molecule has 0 radical (unpaired) electrons. The Kier molecular flexibility index (Phi) is 3.51. The Labute approximate surface area is 84.1 Å². The fraction of sp³-hybridized carbons (Fsp3) is 0.364. The highest BCUT2D eigenvalue weighted by Crippen LogP contribution is 2.25. The number of phenols is 1.